The Kier molecular flexibility index (Phi) is 4.67. The molecule has 3 N–H and O–H groups in total. The monoisotopic (exact) mass is 321 g/mol. The Morgan fingerprint density at radius 1 is 1.09 bits per heavy atom. The first-order chi connectivity index (χ1) is 10.4. The first-order valence-corrected chi connectivity index (χ1v) is 7.93. The highest BCUT2D eigenvalue weighted by Crippen LogP contribution is 2.24. The number of primary amides is 1. The van der Waals surface area contributed by atoms with Crippen LogP contribution in [0, 0.1) is 0 Å². The molecule has 22 heavy (non-hydrogen) atoms. The van der Waals surface area contributed by atoms with Gasteiger partial charge < -0.3 is 15.6 Å². The van der Waals surface area contributed by atoms with Crippen LogP contribution in [0.4, 0.5) is 4.79 Å². The zero-order valence-electron chi connectivity index (χ0n) is 11.6. The summed E-state index contributed by atoms with van der Waals surface area (Å²) in [5.41, 5.74) is 5.67. The van der Waals surface area contributed by atoms with Crippen LogP contribution in [0.15, 0.2) is 58.3 Å². The number of rotatable bonds is 5. The highest BCUT2D eigenvalue weighted by molar-refractivity contribution is 7.91. The van der Waals surface area contributed by atoms with Gasteiger partial charge in [-0.25, -0.2) is 13.2 Å². The molecule has 0 aromatic heterocycles. The summed E-state index contributed by atoms with van der Waals surface area (Å²) < 4.78 is 29.4. The fourth-order valence-corrected chi connectivity index (χ4v) is 3.19. The van der Waals surface area contributed by atoms with Crippen LogP contribution in [-0.2, 0) is 21.0 Å². The minimum atomic E-state index is -3.68. The molecule has 7 heteroatoms. The molecular weight excluding hydrogens is 306 g/mol. The Labute approximate surface area is 128 Å². The normalized spacial score (nSPS) is 11.1. The van der Waals surface area contributed by atoms with Crippen LogP contribution in [-0.4, -0.2) is 26.2 Å². The lowest BCUT2D eigenvalue weighted by atomic mass is 10.2. The van der Waals surface area contributed by atoms with Gasteiger partial charge in [-0.1, -0.05) is 18.2 Å². The fraction of sp³-hybridized carbons (Fsp3) is 0.133. The van der Waals surface area contributed by atoms with Crippen LogP contribution >= 0.6 is 0 Å². The van der Waals surface area contributed by atoms with Gasteiger partial charge in [-0.15, -0.1) is 0 Å². The summed E-state index contributed by atoms with van der Waals surface area (Å²) in [5, 5.41) is 9.39. The van der Waals surface area contributed by atoms with Gasteiger partial charge in [-0.3, -0.25) is 0 Å². The number of ether oxygens (including phenoxy) is 1. The molecule has 2 rings (SSSR count). The number of carbonyl (C=O) groups excluding carboxylic acids is 1. The number of carbonyl (C=O) groups is 1. The van der Waals surface area contributed by atoms with Crippen molar-refractivity contribution in [3.05, 3.63) is 54.1 Å². The highest BCUT2D eigenvalue weighted by Gasteiger charge is 2.17. The van der Waals surface area contributed by atoms with Gasteiger partial charge in [0.25, 0.3) is 0 Å². The third-order valence-corrected chi connectivity index (χ3v) is 4.76. The lowest BCUT2D eigenvalue weighted by Gasteiger charge is -2.07. The number of sulfone groups is 1. The molecule has 1 amide bonds. The fourth-order valence-electron chi connectivity index (χ4n) is 1.89. The number of phenols is 1. The number of aromatic hydroxyl groups is 1. The molecule has 0 saturated carbocycles. The van der Waals surface area contributed by atoms with E-state index >= 15 is 0 Å². The summed E-state index contributed by atoms with van der Waals surface area (Å²) in [6.45, 7) is 0.133. The summed E-state index contributed by atoms with van der Waals surface area (Å²) in [7, 11) is -3.68. The second-order valence-corrected chi connectivity index (χ2v) is 6.51. The van der Waals surface area contributed by atoms with Crippen LogP contribution in [0.5, 0.6) is 5.75 Å². The molecule has 0 saturated heterocycles. The molecule has 0 aliphatic carbocycles. The Balaban J connectivity index is 2.17. The van der Waals surface area contributed by atoms with Crippen LogP contribution in [0.2, 0.25) is 0 Å². The molecule has 2 aromatic carbocycles. The van der Waals surface area contributed by atoms with Crippen molar-refractivity contribution in [1.82, 2.24) is 0 Å². The van der Waals surface area contributed by atoms with Crippen molar-refractivity contribution in [3.63, 3.8) is 0 Å². The Bertz CT molecular complexity index is 769. The summed E-state index contributed by atoms with van der Waals surface area (Å²) in [4.78, 5) is 10.6. The zero-order chi connectivity index (χ0) is 16.2. The Morgan fingerprint density at radius 3 is 2.36 bits per heavy atom. The minimum Gasteiger partial charge on any atom is -0.508 e. The molecule has 0 atom stereocenters. The molecule has 0 aliphatic rings. The molecule has 0 heterocycles. The summed E-state index contributed by atoms with van der Waals surface area (Å²) in [5.74, 6) is -0.110. The van der Waals surface area contributed by atoms with E-state index in [1.54, 1.807) is 12.1 Å². The zero-order valence-corrected chi connectivity index (χ0v) is 12.4. The van der Waals surface area contributed by atoms with E-state index in [4.69, 9.17) is 5.73 Å². The second-order valence-electron chi connectivity index (χ2n) is 4.56. The van der Waals surface area contributed by atoms with E-state index in [0.29, 0.717) is 6.42 Å². The lowest BCUT2D eigenvalue weighted by Crippen LogP contribution is -2.14. The molecule has 0 bridgehead atoms. The number of hydrogen-bond donors (Lipinski definition) is 2. The maximum absolute atomic E-state index is 12.4. The number of nitrogens with two attached hydrogens (primary N) is 1. The first kappa shape index (κ1) is 15.8. The van der Waals surface area contributed by atoms with Crippen LogP contribution < -0.4 is 5.73 Å². The number of benzene rings is 2. The number of phenolic OH excluding ortho intramolecular Hbond substituents is 1. The van der Waals surface area contributed by atoms with Crippen molar-refractivity contribution in [1.29, 1.82) is 0 Å². The van der Waals surface area contributed by atoms with Gasteiger partial charge in [0.15, 0.2) is 0 Å². The summed E-state index contributed by atoms with van der Waals surface area (Å²) in [6, 6.07) is 11.7. The standard InChI is InChI=1S/C15H15NO5S/c16-15(18)21-9-8-11-4-6-13(7-5-11)22(19,20)14-3-1-2-12(17)10-14/h1-7,10,17H,8-9H2,(H2,16,18). The third kappa shape index (κ3) is 3.76. The van der Waals surface area contributed by atoms with E-state index in [2.05, 4.69) is 4.74 Å². The van der Waals surface area contributed by atoms with Gasteiger partial charge in [0.2, 0.25) is 9.84 Å². The SMILES string of the molecule is NC(=O)OCCc1ccc(S(=O)(=O)c2cccc(O)c2)cc1. The van der Waals surface area contributed by atoms with Gasteiger partial charge >= 0.3 is 6.09 Å². The summed E-state index contributed by atoms with van der Waals surface area (Å²) >= 11 is 0. The van der Waals surface area contributed by atoms with Crippen molar-refractivity contribution in [2.75, 3.05) is 6.61 Å². The molecule has 0 unspecified atom stereocenters. The number of hydrogen-bond acceptors (Lipinski definition) is 5. The van der Waals surface area contributed by atoms with Gasteiger partial charge in [0.05, 0.1) is 16.4 Å². The molecule has 116 valence electrons. The van der Waals surface area contributed by atoms with E-state index in [0.717, 1.165) is 5.56 Å². The summed E-state index contributed by atoms with van der Waals surface area (Å²) in [6.07, 6.45) is -0.404. The van der Waals surface area contributed by atoms with Gasteiger partial charge in [-0.05, 0) is 35.9 Å². The van der Waals surface area contributed by atoms with Crippen LogP contribution in [0.3, 0.4) is 0 Å². The Morgan fingerprint density at radius 2 is 1.77 bits per heavy atom. The van der Waals surface area contributed by atoms with Gasteiger partial charge in [0, 0.05) is 6.42 Å². The van der Waals surface area contributed by atoms with Crippen molar-refractivity contribution in [3.8, 4) is 5.75 Å². The van der Waals surface area contributed by atoms with Crippen molar-refractivity contribution < 1.29 is 23.1 Å². The molecule has 0 radical (unpaired) electrons. The average molecular weight is 321 g/mol. The van der Waals surface area contributed by atoms with Crippen molar-refractivity contribution in [2.45, 2.75) is 16.2 Å². The van der Waals surface area contributed by atoms with E-state index in [-0.39, 0.29) is 22.1 Å². The minimum absolute atomic E-state index is 0.0253. The maximum atomic E-state index is 12.4. The molecule has 2 aromatic rings. The van der Waals surface area contributed by atoms with Gasteiger partial charge in [0.1, 0.15) is 5.75 Å². The van der Waals surface area contributed by atoms with Gasteiger partial charge in [-0.2, -0.15) is 0 Å². The predicted octanol–water partition coefficient (Wildman–Crippen LogP) is 1.86. The van der Waals surface area contributed by atoms with Crippen molar-refractivity contribution in [2.24, 2.45) is 5.73 Å². The molecule has 0 aliphatic heterocycles. The lowest BCUT2D eigenvalue weighted by molar-refractivity contribution is 0.158. The smallest absolute Gasteiger partial charge is 0.404 e. The molecule has 6 nitrogen and oxygen atoms in total. The topological polar surface area (TPSA) is 107 Å². The van der Waals surface area contributed by atoms with Crippen molar-refractivity contribution >= 4 is 15.9 Å². The van der Waals surface area contributed by atoms with E-state index < -0.39 is 15.9 Å². The largest absolute Gasteiger partial charge is 0.508 e. The predicted molar refractivity (Wildman–Crippen MR) is 79.2 cm³/mol. The first-order valence-electron chi connectivity index (χ1n) is 6.45. The number of amides is 1. The molecule has 0 spiro atoms. The van der Waals surface area contributed by atoms with E-state index in [1.165, 1.54) is 36.4 Å². The highest BCUT2D eigenvalue weighted by atomic mass is 32.2. The van der Waals surface area contributed by atoms with Crippen LogP contribution in [0.1, 0.15) is 5.56 Å². The van der Waals surface area contributed by atoms with Crippen LogP contribution in [0.25, 0.3) is 0 Å². The average Bonchev–Trinajstić information content (AvgIpc) is 2.47. The van der Waals surface area contributed by atoms with E-state index in [9.17, 15) is 18.3 Å². The second kappa shape index (κ2) is 6.48. The van der Waals surface area contributed by atoms with E-state index in [1.807, 2.05) is 0 Å². The molecule has 0 fully saturated rings. The Hall–Kier alpha value is -2.54. The quantitative estimate of drug-likeness (QED) is 0.874. The maximum Gasteiger partial charge on any atom is 0.404 e. The molecular formula is C15H15NO5S. The third-order valence-electron chi connectivity index (χ3n) is 3.00.